The summed E-state index contributed by atoms with van der Waals surface area (Å²) in [7, 11) is 1.95. The normalized spacial score (nSPS) is 27.6. The van der Waals surface area contributed by atoms with Crippen molar-refractivity contribution in [3.05, 3.63) is 16.9 Å². The molecule has 1 saturated carbocycles. The number of nitrogens with zero attached hydrogens (tertiary/aromatic N) is 2. The van der Waals surface area contributed by atoms with Crippen LogP contribution in [0.4, 0.5) is 0 Å². The number of hydrogen-bond acceptors (Lipinski definition) is 1. The second-order valence-electron chi connectivity index (χ2n) is 3.26. The van der Waals surface area contributed by atoms with Crippen molar-refractivity contribution in [1.29, 1.82) is 0 Å². The summed E-state index contributed by atoms with van der Waals surface area (Å²) in [4.78, 5) is 0. The summed E-state index contributed by atoms with van der Waals surface area (Å²) in [5, 5.41) is 6.00. The van der Waals surface area contributed by atoms with Gasteiger partial charge < -0.3 is 0 Å². The van der Waals surface area contributed by atoms with Crippen LogP contribution in [0, 0.1) is 5.92 Å². The molecule has 0 radical (unpaired) electrons. The average Bonchev–Trinajstić information content (AvgIpc) is 2.74. The first-order valence-electron chi connectivity index (χ1n) is 3.97. The van der Waals surface area contributed by atoms with Crippen molar-refractivity contribution in [2.24, 2.45) is 13.0 Å². The zero-order chi connectivity index (χ0) is 8.72. The Morgan fingerprint density at radius 3 is 3.00 bits per heavy atom. The highest BCUT2D eigenvalue weighted by atomic mass is 79.9. The maximum atomic E-state index is 6.00. The van der Waals surface area contributed by atoms with Crippen molar-refractivity contribution < 1.29 is 0 Å². The van der Waals surface area contributed by atoms with Gasteiger partial charge >= 0.3 is 0 Å². The van der Waals surface area contributed by atoms with E-state index in [0.717, 1.165) is 16.3 Å². The Kier molecular flexibility index (Phi) is 2.17. The molecule has 1 aliphatic carbocycles. The molecule has 1 aromatic heterocycles. The molecular weight excluding hydrogens is 239 g/mol. The van der Waals surface area contributed by atoms with E-state index in [1.54, 1.807) is 6.20 Å². The molecule has 1 aromatic rings. The first-order chi connectivity index (χ1) is 5.74. The van der Waals surface area contributed by atoms with Gasteiger partial charge in [-0.2, -0.15) is 5.10 Å². The molecule has 2 unspecified atom stereocenters. The summed E-state index contributed by atoms with van der Waals surface area (Å²) < 4.78 is 1.88. The van der Waals surface area contributed by atoms with E-state index in [1.165, 1.54) is 12.1 Å². The minimum Gasteiger partial charge on any atom is -0.271 e. The summed E-state index contributed by atoms with van der Waals surface area (Å²) in [6, 6.07) is 0. The molecule has 1 heterocycles. The summed E-state index contributed by atoms with van der Waals surface area (Å²) >= 11 is 9.48. The Bertz CT molecular complexity index is 278. The van der Waals surface area contributed by atoms with Gasteiger partial charge in [0.15, 0.2) is 0 Å². The lowest BCUT2D eigenvalue weighted by Gasteiger charge is -1.99. The minimum absolute atomic E-state index is 0.629. The second kappa shape index (κ2) is 3.04. The van der Waals surface area contributed by atoms with E-state index in [2.05, 4.69) is 21.0 Å². The third-order valence-corrected chi connectivity index (χ3v) is 3.53. The molecule has 4 heteroatoms. The van der Waals surface area contributed by atoms with Gasteiger partial charge in [0, 0.05) is 18.3 Å². The Morgan fingerprint density at radius 2 is 2.58 bits per heavy atom. The van der Waals surface area contributed by atoms with Gasteiger partial charge in [0.1, 0.15) is 0 Å². The van der Waals surface area contributed by atoms with Crippen LogP contribution in [0.25, 0.3) is 0 Å². The van der Waals surface area contributed by atoms with E-state index in [4.69, 9.17) is 11.6 Å². The summed E-state index contributed by atoms with van der Waals surface area (Å²) in [5.41, 5.74) is 1.20. The fourth-order valence-corrected chi connectivity index (χ4v) is 2.61. The second-order valence-corrected chi connectivity index (χ2v) is 4.31. The Hall–Kier alpha value is -0.0200. The molecule has 2 nitrogen and oxygen atoms in total. The quantitative estimate of drug-likeness (QED) is 0.737. The molecule has 1 fully saturated rings. The van der Waals surface area contributed by atoms with Crippen LogP contribution < -0.4 is 0 Å². The van der Waals surface area contributed by atoms with Crippen molar-refractivity contribution >= 4 is 27.5 Å². The average molecular weight is 250 g/mol. The minimum atomic E-state index is 0.629. The van der Waals surface area contributed by atoms with Crippen molar-refractivity contribution in [2.75, 3.05) is 5.33 Å². The number of hydrogen-bond donors (Lipinski definition) is 0. The van der Waals surface area contributed by atoms with Gasteiger partial charge in [0.2, 0.25) is 0 Å². The van der Waals surface area contributed by atoms with Gasteiger partial charge in [-0.1, -0.05) is 27.5 Å². The number of alkyl halides is 1. The third-order valence-electron chi connectivity index (χ3n) is 2.41. The van der Waals surface area contributed by atoms with Gasteiger partial charge in [-0.15, -0.1) is 0 Å². The van der Waals surface area contributed by atoms with Gasteiger partial charge in [-0.05, 0) is 12.3 Å². The van der Waals surface area contributed by atoms with Gasteiger partial charge in [0.05, 0.1) is 16.9 Å². The lowest BCUT2D eigenvalue weighted by Crippen LogP contribution is -1.97. The van der Waals surface area contributed by atoms with E-state index >= 15 is 0 Å². The van der Waals surface area contributed by atoms with E-state index in [1.807, 2.05) is 11.7 Å². The molecular formula is C8H10BrClN2. The molecule has 0 saturated heterocycles. The van der Waals surface area contributed by atoms with Gasteiger partial charge in [-0.25, -0.2) is 0 Å². The van der Waals surface area contributed by atoms with Crippen LogP contribution in [0.15, 0.2) is 6.20 Å². The molecule has 0 aliphatic heterocycles. The van der Waals surface area contributed by atoms with E-state index in [9.17, 15) is 0 Å². The predicted molar refractivity (Wildman–Crippen MR) is 52.9 cm³/mol. The maximum absolute atomic E-state index is 6.00. The number of aromatic nitrogens is 2. The smallest absolute Gasteiger partial charge is 0.0820 e. The molecule has 12 heavy (non-hydrogen) atoms. The van der Waals surface area contributed by atoms with Gasteiger partial charge in [-0.3, -0.25) is 4.68 Å². The van der Waals surface area contributed by atoms with Crippen LogP contribution in [-0.4, -0.2) is 15.1 Å². The summed E-state index contributed by atoms with van der Waals surface area (Å²) in [6.45, 7) is 0. The zero-order valence-electron chi connectivity index (χ0n) is 6.80. The standard InChI is InChI=1S/C8H10BrClN2/c1-12-8(7(10)4-11-12)6-2-5(6)3-9/h4-6H,2-3H2,1H3. The lowest BCUT2D eigenvalue weighted by atomic mass is 10.2. The van der Waals surface area contributed by atoms with E-state index in [0.29, 0.717) is 5.92 Å². The first-order valence-corrected chi connectivity index (χ1v) is 5.47. The molecule has 66 valence electrons. The molecule has 2 atom stereocenters. The monoisotopic (exact) mass is 248 g/mol. The molecule has 0 bridgehead atoms. The van der Waals surface area contributed by atoms with Crippen LogP contribution in [0.3, 0.4) is 0 Å². The third kappa shape index (κ3) is 1.29. The largest absolute Gasteiger partial charge is 0.271 e. The molecule has 0 N–H and O–H groups in total. The highest BCUT2D eigenvalue weighted by molar-refractivity contribution is 9.09. The van der Waals surface area contributed by atoms with Crippen LogP contribution in [0.2, 0.25) is 5.02 Å². The zero-order valence-corrected chi connectivity index (χ0v) is 9.14. The van der Waals surface area contributed by atoms with E-state index < -0.39 is 0 Å². The fraction of sp³-hybridized carbons (Fsp3) is 0.625. The fourth-order valence-electron chi connectivity index (χ4n) is 1.59. The van der Waals surface area contributed by atoms with Crippen LogP contribution in [0.5, 0.6) is 0 Å². The predicted octanol–water partition coefficient (Wildman–Crippen LogP) is 2.57. The number of rotatable bonds is 2. The van der Waals surface area contributed by atoms with Crippen molar-refractivity contribution in [3.8, 4) is 0 Å². The van der Waals surface area contributed by atoms with Crippen LogP contribution >= 0.6 is 27.5 Å². The molecule has 1 aliphatic rings. The number of aryl methyl sites for hydroxylation is 1. The molecule has 0 amide bonds. The SMILES string of the molecule is Cn1ncc(Cl)c1C1CC1CBr. The van der Waals surface area contributed by atoms with Crippen molar-refractivity contribution in [3.63, 3.8) is 0 Å². The highest BCUT2D eigenvalue weighted by Gasteiger charge is 2.40. The lowest BCUT2D eigenvalue weighted by molar-refractivity contribution is 0.702. The topological polar surface area (TPSA) is 17.8 Å². The molecule has 0 spiro atoms. The van der Waals surface area contributed by atoms with Crippen molar-refractivity contribution in [1.82, 2.24) is 9.78 Å². The molecule has 0 aromatic carbocycles. The Labute approximate surface area is 85.0 Å². The van der Waals surface area contributed by atoms with Gasteiger partial charge in [0.25, 0.3) is 0 Å². The molecule has 2 rings (SSSR count). The summed E-state index contributed by atoms with van der Waals surface area (Å²) in [5.74, 6) is 1.39. The van der Waals surface area contributed by atoms with Crippen molar-refractivity contribution in [2.45, 2.75) is 12.3 Å². The van der Waals surface area contributed by atoms with E-state index in [-0.39, 0.29) is 0 Å². The first kappa shape index (κ1) is 8.57. The number of halogens is 2. The van der Waals surface area contributed by atoms with Crippen LogP contribution in [0.1, 0.15) is 18.0 Å². The van der Waals surface area contributed by atoms with Crippen LogP contribution in [-0.2, 0) is 7.05 Å². The Morgan fingerprint density at radius 1 is 1.83 bits per heavy atom. The Balaban J connectivity index is 2.23. The highest BCUT2D eigenvalue weighted by Crippen LogP contribution is 2.49. The summed E-state index contributed by atoms with van der Waals surface area (Å²) in [6.07, 6.45) is 2.96. The maximum Gasteiger partial charge on any atom is 0.0820 e.